The zero-order valence-corrected chi connectivity index (χ0v) is 18.7. The molecule has 2 atom stereocenters. The first-order valence-corrected chi connectivity index (χ1v) is 9.75. The van der Waals surface area contributed by atoms with Crippen LogP contribution in [-0.2, 0) is 19.5 Å². The lowest BCUT2D eigenvalue weighted by Crippen LogP contribution is -2.26. The van der Waals surface area contributed by atoms with Crippen LogP contribution in [0, 0.1) is 13.8 Å². The Hall–Kier alpha value is -2.32. The van der Waals surface area contributed by atoms with Gasteiger partial charge in [0, 0.05) is 5.56 Å². The number of esters is 1. The SMILES string of the molecule is CCOC(=O)C(C(=O)c1c(C)cc(C(C)(C)C)cc1C)c1ccccc1.O=[PH2+]. The standard InChI is InChI=1S/C23H28O3.H2OP/c1-7-26-22(25)20(17-11-9-8-10-12-17)21(24)19-15(2)13-18(14-16(19)3)23(4,5)6;1-2/h8-14,20H,7H2,1-6H3;2H2/q;+1. The minimum atomic E-state index is -0.936. The van der Waals surface area contributed by atoms with E-state index < -0.39 is 11.9 Å². The second kappa shape index (κ2) is 10.3. The van der Waals surface area contributed by atoms with Crippen LogP contribution in [0.4, 0.5) is 0 Å². The van der Waals surface area contributed by atoms with E-state index in [1.165, 1.54) is 14.7 Å². The van der Waals surface area contributed by atoms with Crippen LogP contribution in [0.1, 0.15) is 66.2 Å². The van der Waals surface area contributed by atoms with Crippen molar-refractivity contribution in [3.8, 4) is 0 Å². The predicted octanol–water partition coefficient (Wildman–Crippen LogP) is 5.34. The molecule has 0 aliphatic carbocycles. The summed E-state index contributed by atoms with van der Waals surface area (Å²) in [4.78, 5) is 25.9. The molecule has 0 bridgehead atoms. The van der Waals surface area contributed by atoms with Gasteiger partial charge in [-0.3, -0.25) is 9.59 Å². The van der Waals surface area contributed by atoms with Crippen LogP contribution in [-0.4, -0.2) is 18.4 Å². The van der Waals surface area contributed by atoms with Gasteiger partial charge in [0.15, 0.2) is 5.78 Å². The summed E-state index contributed by atoms with van der Waals surface area (Å²) in [5.74, 6) is -1.64. The molecule has 0 spiro atoms. The van der Waals surface area contributed by atoms with E-state index in [0.29, 0.717) is 11.1 Å². The third-order valence-electron chi connectivity index (χ3n) is 4.56. The average molecular weight is 401 g/mol. The molecule has 0 saturated heterocycles. The number of ether oxygens (including phenoxy) is 1. The third kappa shape index (κ3) is 5.59. The predicted molar refractivity (Wildman–Crippen MR) is 115 cm³/mol. The Morgan fingerprint density at radius 1 is 1.00 bits per heavy atom. The van der Waals surface area contributed by atoms with Crippen LogP contribution >= 0.6 is 9.12 Å². The zero-order valence-electron chi connectivity index (χ0n) is 17.5. The minimum Gasteiger partial charge on any atom is -0.465 e. The van der Waals surface area contributed by atoms with Crippen LogP contribution < -0.4 is 0 Å². The Morgan fingerprint density at radius 3 is 1.93 bits per heavy atom. The maximum absolute atomic E-state index is 13.4. The summed E-state index contributed by atoms with van der Waals surface area (Å²) in [7, 11) is 1.17. The van der Waals surface area contributed by atoms with Gasteiger partial charge in [0.2, 0.25) is 0 Å². The van der Waals surface area contributed by atoms with Gasteiger partial charge in [-0.1, -0.05) is 67.8 Å². The van der Waals surface area contributed by atoms with Crippen molar-refractivity contribution in [1.29, 1.82) is 0 Å². The normalized spacial score (nSPS) is 11.8. The van der Waals surface area contributed by atoms with Crippen LogP contribution in [0.5, 0.6) is 0 Å². The number of hydrogen-bond acceptors (Lipinski definition) is 4. The Labute approximate surface area is 169 Å². The van der Waals surface area contributed by atoms with E-state index in [2.05, 4.69) is 20.8 Å². The highest BCUT2D eigenvalue weighted by Crippen LogP contribution is 2.30. The first-order valence-electron chi connectivity index (χ1n) is 9.28. The average Bonchev–Trinajstić information content (AvgIpc) is 2.63. The van der Waals surface area contributed by atoms with E-state index in [9.17, 15) is 9.59 Å². The molecule has 28 heavy (non-hydrogen) atoms. The largest absolute Gasteiger partial charge is 0.465 e. The quantitative estimate of drug-likeness (QED) is 0.294. The molecule has 150 valence electrons. The third-order valence-corrected chi connectivity index (χ3v) is 4.56. The molecular weight excluding hydrogens is 371 g/mol. The lowest BCUT2D eigenvalue weighted by molar-refractivity contribution is -0.143. The molecule has 2 aromatic rings. The summed E-state index contributed by atoms with van der Waals surface area (Å²) in [6, 6.07) is 13.2. The zero-order chi connectivity index (χ0) is 21.5. The summed E-state index contributed by atoms with van der Waals surface area (Å²) in [6.07, 6.45) is 0. The summed E-state index contributed by atoms with van der Waals surface area (Å²) < 4.78 is 13.4. The molecule has 0 aliphatic rings. The molecule has 0 N–H and O–H groups in total. The Morgan fingerprint density at radius 2 is 1.50 bits per heavy atom. The van der Waals surface area contributed by atoms with Crippen molar-refractivity contribution in [2.75, 3.05) is 6.61 Å². The summed E-state index contributed by atoms with van der Waals surface area (Å²) in [5, 5.41) is 0. The second-order valence-corrected chi connectivity index (χ2v) is 7.70. The van der Waals surface area contributed by atoms with Crippen molar-refractivity contribution in [2.24, 2.45) is 0 Å². The van der Waals surface area contributed by atoms with Crippen molar-refractivity contribution in [1.82, 2.24) is 0 Å². The van der Waals surface area contributed by atoms with Crippen molar-refractivity contribution in [3.05, 3.63) is 70.3 Å². The van der Waals surface area contributed by atoms with Gasteiger partial charge in [-0.2, -0.15) is 0 Å². The van der Waals surface area contributed by atoms with Crippen molar-refractivity contribution < 1.29 is 18.9 Å². The fraction of sp³-hybridized carbons (Fsp3) is 0.391. The number of carbonyl (C=O) groups excluding carboxylic acids is 2. The Balaban J connectivity index is 0.00000190. The number of benzene rings is 2. The van der Waals surface area contributed by atoms with Gasteiger partial charge >= 0.3 is 15.1 Å². The fourth-order valence-corrected chi connectivity index (χ4v) is 3.20. The Kier molecular flexibility index (Phi) is 8.71. The molecule has 0 heterocycles. The number of hydrogen-bond donors (Lipinski definition) is 0. The van der Waals surface area contributed by atoms with Crippen molar-refractivity contribution in [3.63, 3.8) is 0 Å². The van der Waals surface area contributed by atoms with Crippen molar-refractivity contribution >= 4 is 20.9 Å². The molecule has 0 saturated carbocycles. The molecule has 0 amide bonds. The highest BCUT2D eigenvalue weighted by atomic mass is 31.0. The molecule has 0 aliphatic heterocycles. The molecule has 0 aromatic heterocycles. The molecule has 4 nitrogen and oxygen atoms in total. The van der Waals surface area contributed by atoms with Gasteiger partial charge < -0.3 is 4.74 Å². The topological polar surface area (TPSA) is 60.4 Å². The van der Waals surface area contributed by atoms with E-state index in [-0.39, 0.29) is 17.8 Å². The number of ketones is 1. The lowest BCUT2D eigenvalue weighted by atomic mass is 9.81. The highest BCUT2D eigenvalue weighted by Gasteiger charge is 2.32. The lowest BCUT2D eigenvalue weighted by Gasteiger charge is -2.23. The van der Waals surface area contributed by atoms with Gasteiger partial charge in [-0.15, -0.1) is 0 Å². The van der Waals surface area contributed by atoms with E-state index >= 15 is 0 Å². The number of carbonyl (C=O) groups is 2. The van der Waals surface area contributed by atoms with Crippen molar-refractivity contribution in [2.45, 2.75) is 52.9 Å². The van der Waals surface area contributed by atoms with Crippen LogP contribution in [0.15, 0.2) is 42.5 Å². The van der Waals surface area contributed by atoms with E-state index in [1.807, 2.05) is 44.2 Å². The van der Waals surface area contributed by atoms with Gasteiger partial charge in [0.1, 0.15) is 5.92 Å². The van der Waals surface area contributed by atoms with E-state index in [1.54, 1.807) is 19.1 Å². The monoisotopic (exact) mass is 401 g/mol. The number of rotatable bonds is 5. The molecule has 0 radical (unpaired) electrons. The van der Waals surface area contributed by atoms with Gasteiger partial charge in [0.25, 0.3) is 0 Å². The van der Waals surface area contributed by atoms with Crippen LogP contribution in [0.3, 0.4) is 0 Å². The molecule has 5 heteroatoms. The van der Waals surface area contributed by atoms with E-state index in [0.717, 1.165) is 11.1 Å². The molecule has 2 aromatic carbocycles. The highest BCUT2D eigenvalue weighted by molar-refractivity contribution is 7.00. The first kappa shape index (κ1) is 23.7. The summed E-state index contributed by atoms with van der Waals surface area (Å²) in [5.41, 5.74) is 4.23. The summed E-state index contributed by atoms with van der Waals surface area (Å²) >= 11 is 0. The summed E-state index contributed by atoms with van der Waals surface area (Å²) in [6.45, 7) is 12.3. The smallest absolute Gasteiger partial charge is 0.321 e. The minimum absolute atomic E-state index is 0.00291. The maximum atomic E-state index is 13.4. The van der Waals surface area contributed by atoms with Gasteiger partial charge in [-0.05, 0) is 48.4 Å². The molecule has 0 fully saturated rings. The first-order chi connectivity index (χ1) is 13.2. The number of aryl methyl sites for hydroxylation is 2. The maximum Gasteiger partial charge on any atom is 0.321 e. The molecule has 2 rings (SSSR count). The molecule has 2 unspecified atom stereocenters. The number of Topliss-reactive ketones (excluding diaryl/α,β-unsaturated/α-hetero) is 1. The molecular formula is C23H30O4P+. The van der Waals surface area contributed by atoms with Gasteiger partial charge in [0.05, 0.1) is 6.61 Å². The van der Waals surface area contributed by atoms with Crippen LogP contribution in [0.25, 0.3) is 0 Å². The fourth-order valence-electron chi connectivity index (χ4n) is 3.20. The van der Waals surface area contributed by atoms with Crippen LogP contribution in [0.2, 0.25) is 0 Å². The van der Waals surface area contributed by atoms with Gasteiger partial charge in [-0.25, -0.2) is 0 Å². The van der Waals surface area contributed by atoms with E-state index in [4.69, 9.17) is 9.30 Å². The second-order valence-electron chi connectivity index (χ2n) is 7.70. The Bertz CT molecular complexity index is 799.